The lowest BCUT2D eigenvalue weighted by Crippen LogP contribution is -2.51. The van der Waals surface area contributed by atoms with E-state index < -0.39 is 24.3 Å². The maximum absolute atomic E-state index is 13.9. The number of methoxy groups -OCH3 is 2. The number of benzene rings is 3. The second kappa shape index (κ2) is 17.7. The number of imidazole rings is 2. The van der Waals surface area contributed by atoms with Gasteiger partial charge in [-0.3, -0.25) is 9.59 Å². The van der Waals surface area contributed by atoms with Crippen LogP contribution in [0.5, 0.6) is 0 Å². The Hall–Kier alpha value is -6.18. The van der Waals surface area contributed by atoms with Crippen molar-refractivity contribution in [1.29, 1.82) is 0 Å². The fourth-order valence-corrected chi connectivity index (χ4v) is 11.2. The molecular formula is C51H62N8O6. The van der Waals surface area contributed by atoms with E-state index in [9.17, 15) is 19.2 Å². The zero-order valence-corrected chi connectivity index (χ0v) is 38.7. The summed E-state index contributed by atoms with van der Waals surface area (Å²) in [6.45, 7) is 13.2. The van der Waals surface area contributed by atoms with E-state index in [1.807, 2.05) is 43.7 Å². The van der Waals surface area contributed by atoms with Crippen LogP contribution in [0.15, 0.2) is 60.8 Å². The van der Waals surface area contributed by atoms with Gasteiger partial charge in [0.1, 0.15) is 23.7 Å². The lowest BCUT2D eigenvalue weighted by Gasteiger charge is -2.30. The van der Waals surface area contributed by atoms with Gasteiger partial charge in [0, 0.05) is 13.1 Å². The Morgan fingerprint density at radius 1 is 0.662 bits per heavy atom. The summed E-state index contributed by atoms with van der Waals surface area (Å²) in [6, 6.07) is 17.9. The standard InChI is InChI=1S/C51H62N8O6/c1-26(2)44(56-50(62)64-7)48(60)58-24-28(5)19-40(58)46-52-23-39(55-46)31-11-9-30(10-12-31)35-16-17-36(43-34-14-13-33(21-34)42(35)43)32-15-18-37-38(22-32)54-47(53-37)41-20-29(6)25-59(41)49(61)45(27(3)4)57-51(63)65-8/h9-12,15-18,22-23,26-29,33-34,40-41,44-45H,13-14,19-21,24-25H2,1-8H3,(H,52,55)(H,53,54)(H,56,62)(H,57,63)/t28-,29-,33?,34?,40+,41+,44+,45+/m1/s1. The van der Waals surface area contributed by atoms with Gasteiger partial charge in [-0.05, 0) is 119 Å². The lowest BCUT2D eigenvalue weighted by molar-refractivity contribution is -0.136. The molecule has 0 spiro atoms. The van der Waals surface area contributed by atoms with Crippen LogP contribution in [0.2, 0.25) is 0 Å². The van der Waals surface area contributed by atoms with Crippen LogP contribution < -0.4 is 10.6 Å². The number of alkyl carbamates (subject to hydrolysis) is 2. The van der Waals surface area contributed by atoms with Crippen molar-refractivity contribution in [3.8, 4) is 33.5 Å². The summed E-state index contributed by atoms with van der Waals surface area (Å²) < 4.78 is 9.66. The van der Waals surface area contributed by atoms with Crippen LogP contribution >= 0.6 is 0 Å². The van der Waals surface area contributed by atoms with Gasteiger partial charge in [0.15, 0.2) is 0 Å². The third-order valence-corrected chi connectivity index (χ3v) is 14.5. The molecule has 4 aliphatic rings. The summed E-state index contributed by atoms with van der Waals surface area (Å²) in [5.41, 5.74) is 11.5. The molecule has 4 amide bonds. The number of likely N-dealkylation sites (tertiary alicyclic amines) is 2. The van der Waals surface area contributed by atoms with E-state index in [4.69, 9.17) is 19.4 Å². The fraction of sp³-hybridized carbons (Fsp3) is 0.490. The Bertz CT molecular complexity index is 2620. The molecule has 14 heteroatoms. The molecule has 14 nitrogen and oxygen atoms in total. The van der Waals surface area contributed by atoms with Crippen LogP contribution in [0, 0.1) is 23.7 Å². The predicted octanol–water partition coefficient (Wildman–Crippen LogP) is 9.23. The molecule has 0 radical (unpaired) electrons. The first-order chi connectivity index (χ1) is 31.2. The predicted molar refractivity (Wildman–Crippen MR) is 249 cm³/mol. The highest BCUT2D eigenvalue weighted by Gasteiger charge is 2.43. The molecular weight excluding hydrogens is 821 g/mol. The molecule has 2 saturated heterocycles. The van der Waals surface area contributed by atoms with Crippen LogP contribution in [0.25, 0.3) is 44.5 Å². The molecule has 9 rings (SSSR count). The van der Waals surface area contributed by atoms with Crippen molar-refractivity contribution in [1.82, 2.24) is 40.4 Å². The van der Waals surface area contributed by atoms with Gasteiger partial charge in [-0.2, -0.15) is 0 Å². The molecule has 8 atom stereocenters. The monoisotopic (exact) mass is 882 g/mol. The van der Waals surface area contributed by atoms with E-state index in [0.29, 0.717) is 24.9 Å². The highest BCUT2D eigenvalue weighted by molar-refractivity contribution is 5.89. The minimum Gasteiger partial charge on any atom is -0.453 e. The van der Waals surface area contributed by atoms with E-state index in [1.165, 1.54) is 61.3 Å². The van der Waals surface area contributed by atoms with Crippen LogP contribution in [0.1, 0.15) is 120 Å². The summed E-state index contributed by atoms with van der Waals surface area (Å²) in [5, 5.41) is 5.49. The van der Waals surface area contributed by atoms with Gasteiger partial charge < -0.3 is 39.9 Å². The molecule has 5 aromatic rings. The van der Waals surface area contributed by atoms with Gasteiger partial charge in [0.25, 0.3) is 0 Å². The molecule has 2 bridgehead atoms. The topological polar surface area (TPSA) is 175 Å². The molecule has 3 fully saturated rings. The van der Waals surface area contributed by atoms with Gasteiger partial charge in [-0.1, -0.05) is 84.0 Å². The molecule has 4 N–H and O–H groups in total. The maximum Gasteiger partial charge on any atom is 0.407 e. The maximum atomic E-state index is 13.9. The number of ether oxygens (including phenoxy) is 2. The minimum atomic E-state index is -0.699. The first-order valence-corrected chi connectivity index (χ1v) is 23.3. The van der Waals surface area contributed by atoms with Crippen molar-refractivity contribution >= 4 is 35.0 Å². The molecule has 65 heavy (non-hydrogen) atoms. The molecule has 1 saturated carbocycles. The SMILES string of the molecule is COC(=O)N[C@H](C(=O)N1C[C@H](C)C[C@H]1c1ncc(-c2ccc(-c3ccc(-c4ccc5nc([C@@H]6C[C@@H](C)CN6C(=O)[C@@H](NC(=O)OC)C(C)C)[nH]c5c4)c4c3C3CCC4C3)cc2)[nH]1)C(C)C. The molecule has 2 aliphatic carbocycles. The molecule has 2 aliphatic heterocycles. The van der Waals surface area contributed by atoms with E-state index in [1.54, 1.807) is 0 Å². The number of amides is 4. The van der Waals surface area contributed by atoms with Gasteiger partial charge >= 0.3 is 12.2 Å². The number of hydrogen-bond donors (Lipinski definition) is 4. The molecule has 4 heterocycles. The average Bonchev–Trinajstić information content (AvgIpc) is 4.17. The zero-order valence-electron chi connectivity index (χ0n) is 38.7. The third kappa shape index (κ3) is 8.25. The van der Waals surface area contributed by atoms with Crippen molar-refractivity contribution in [2.45, 2.75) is 110 Å². The number of nitrogens with zero attached hydrogens (tertiary/aromatic N) is 4. The van der Waals surface area contributed by atoms with Crippen molar-refractivity contribution in [2.24, 2.45) is 23.7 Å². The Morgan fingerprint density at radius 3 is 1.71 bits per heavy atom. The molecule has 2 unspecified atom stereocenters. The second-order valence-corrected chi connectivity index (χ2v) is 19.7. The number of carbonyl (C=O) groups is 4. The smallest absolute Gasteiger partial charge is 0.407 e. The highest BCUT2D eigenvalue weighted by Crippen LogP contribution is 2.58. The van der Waals surface area contributed by atoms with E-state index in [-0.39, 0.29) is 47.6 Å². The average molecular weight is 883 g/mol. The van der Waals surface area contributed by atoms with Gasteiger partial charge in [0.2, 0.25) is 11.8 Å². The Morgan fingerprint density at radius 2 is 1.17 bits per heavy atom. The summed E-state index contributed by atoms with van der Waals surface area (Å²) in [7, 11) is 2.61. The summed E-state index contributed by atoms with van der Waals surface area (Å²) in [5.74, 6) is 2.63. The zero-order chi connectivity index (χ0) is 45.8. The minimum absolute atomic E-state index is 0.112. The van der Waals surface area contributed by atoms with E-state index in [2.05, 4.69) is 89.0 Å². The second-order valence-electron chi connectivity index (χ2n) is 19.7. The number of rotatable bonds is 11. The number of hydrogen-bond acceptors (Lipinski definition) is 8. The number of carbonyl (C=O) groups excluding carboxylic acids is 4. The Balaban J connectivity index is 0.959. The van der Waals surface area contributed by atoms with Crippen LogP contribution in [0.3, 0.4) is 0 Å². The van der Waals surface area contributed by atoms with Crippen molar-refractivity contribution in [3.63, 3.8) is 0 Å². The Labute approximate surface area is 380 Å². The van der Waals surface area contributed by atoms with Crippen molar-refractivity contribution in [3.05, 3.63) is 83.6 Å². The van der Waals surface area contributed by atoms with Crippen LogP contribution in [-0.2, 0) is 19.1 Å². The van der Waals surface area contributed by atoms with Gasteiger partial charge in [0.05, 0.1) is 49.2 Å². The Kier molecular flexibility index (Phi) is 12.0. The largest absolute Gasteiger partial charge is 0.453 e. The van der Waals surface area contributed by atoms with Crippen molar-refractivity contribution < 1.29 is 28.7 Å². The number of fused-ring (bicyclic) bond motifs is 6. The molecule has 342 valence electrons. The van der Waals surface area contributed by atoms with E-state index in [0.717, 1.165) is 52.3 Å². The van der Waals surface area contributed by atoms with E-state index >= 15 is 0 Å². The quantitative estimate of drug-likeness (QED) is 0.102. The molecule has 2 aromatic heterocycles. The van der Waals surface area contributed by atoms with Crippen molar-refractivity contribution in [2.75, 3.05) is 27.3 Å². The first-order valence-electron chi connectivity index (χ1n) is 23.3. The van der Waals surface area contributed by atoms with Gasteiger partial charge in [-0.25, -0.2) is 19.6 Å². The number of nitrogens with one attached hydrogen (secondary N) is 4. The number of aromatic nitrogens is 4. The lowest BCUT2D eigenvalue weighted by atomic mass is 9.81. The fourth-order valence-electron chi connectivity index (χ4n) is 11.2. The summed E-state index contributed by atoms with van der Waals surface area (Å²) >= 11 is 0. The summed E-state index contributed by atoms with van der Waals surface area (Å²) in [6.07, 6.45) is 5.74. The molecule has 3 aromatic carbocycles. The van der Waals surface area contributed by atoms with Crippen LogP contribution in [-0.4, -0.2) is 93.1 Å². The summed E-state index contributed by atoms with van der Waals surface area (Å²) in [4.78, 5) is 72.7. The third-order valence-electron chi connectivity index (χ3n) is 14.5. The van der Waals surface area contributed by atoms with Gasteiger partial charge in [-0.15, -0.1) is 0 Å². The number of aromatic amines is 2. The first kappa shape index (κ1) is 44.0. The van der Waals surface area contributed by atoms with Crippen LogP contribution in [0.4, 0.5) is 9.59 Å². The normalized spacial score (nSPS) is 23.3. The highest BCUT2D eigenvalue weighted by atomic mass is 16.5. The number of H-pyrrole nitrogens is 2.